The summed E-state index contributed by atoms with van der Waals surface area (Å²) in [6, 6.07) is 0. The Morgan fingerprint density at radius 2 is 2.12 bits per heavy atom. The second kappa shape index (κ2) is 3.55. The van der Waals surface area contributed by atoms with Crippen molar-refractivity contribution in [1.29, 1.82) is 0 Å². The Balaban J connectivity index is 3.45. The Morgan fingerprint density at radius 1 is 1.62 bits per heavy atom. The van der Waals surface area contributed by atoms with Crippen LogP contribution in [0.2, 0.25) is 0 Å². The third-order valence-corrected chi connectivity index (χ3v) is 1.04. The molecule has 0 unspecified atom stereocenters. The molecule has 0 aliphatic heterocycles. The van der Waals surface area contributed by atoms with Gasteiger partial charge in [-0.15, -0.1) is 0 Å². The van der Waals surface area contributed by atoms with Gasteiger partial charge in [0.05, 0.1) is 0 Å². The van der Waals surface area contributed by atoms with Gasteiger partial charge in [0.2, 0.25) is 0 Å². The predicted octanol–water partition coefficient (Wildman–Crippen LogP) is 1.55. The first kappa shape index (κ1) is 7.56. The maximum Gasteiger partial charge on any atom is 0.105 e. The first-order chi connectivity index (χ1) is 3.63. The minimum atomic E-state index is 0.581. The molecule has 0 heterocycles. The minimum Gasteiger partial charge on any atom is -0.387 e. The molecule has 0 atom stereocenters. The lowest BCUT2D eigenvalue weighted by Gasteiger charge is -1.88. The number of nitrogens with zero attached hydrogens (tertiary/aromatic N) is 1. The maximum absolute atomic E-state index is 5.23. The van der Waals surface area contributed by atoms with Gasteiger partial charge in [0.1, 0.15) is 5.84 Å². The van der Waals surface area contributed by atoms with E-state index in [0.717, 1.165) is 4.91 Å². The van der Waals surface area contributed by atoms with Crippen molar-refractivity contribution in [2.24, 2.45) is 10.1 Å². The van der Waals surface area contributed by atoms with Gasteiger partial charge in [0, 0.05) is 11.9 Å². The number of amidine groups is 1. The molecule has 2 N–H and O–H groups in total. The predicted molar refractivity (Wildman–Crippen MR) is 39.7 cm³/mol. The first-order valence-electron chi connectivity index (χ1n) is 2.25. The molecule has 0 amide bonds. The maximum atomic E-state index is 5.23. The highest BCUT2D eigenvalue weighted by atomic mass is 32.2. The number of hydrogen-bond donors (Lipinski definition) is 1. The van der Waals surface area contributed by atoms with Crippen LogP contribution in [0, 0.1) is 0 Å². The Bertz CT molecular complexity index is 114. The van der Waals surface area contributed by atoms with Crippen LogP contribution in [-0.4, -0.2) is 5.84 Å². The summed E-state index contributed by atoms with van der Waals surface area (Å²) in [7, 11) is 0. The summed E-state index contributed by atoms with van der Waals surface area (Å²) >= 11 is 1.31. The van der Waals surface area contributed by atoms with E-state index in [9.17, 15) is 0 Å². The summed E-state index contributed by atoms with van der Waals surface area (Å²) in [6.07, 6.45) is 0. The van der Waals surface area contributed by atoms with Crippen molar-refractivity contribution in [2.45, 2.75) is 13.8 Å². The largest absolute Gasteiger partial charge is 0.387 e. The Morgan fingerprint density at radius 3 is 2.25 bits per heavy atom. The topological polar surface area (TPSA) is 38.4 Å². The summed E-state index contributed by atoms with van der Waals surface area (Å²) in [5.41, 5.74) is 5.23. The number of nitrogens with two attached hydrogens (primary N) is 1. The number of allylic oxidation sites excluding steroid dienone is 1. The van der Waals surface area contributed by atoms with E-state index < -0.39 is 0 Å². The molecule has 0 bridgehead atoms. The van der Waals surface area contributed by atoms with Crippen molar-refractivity contribution in [1.82, 2.24) is 0 Å². The van der Waals surface area contributed by atoms with Gasteiger partial charge < -0.3 is 5.73 Å². The average molecular weight is 130 g/mol. The average Bonchev–Trinajstić information content (AvgIpc) is 1.61. The molecule has 0 radical (unpaired) electrons. The van der Waals surface area contributed by atoms with E-state index in [-0.39, 0.29) is 0 Å². The molecule has 0 aromatic heterocycles. The molecule has 0 aromatic rings. The van der Waals surface area contributed by atoms with Crippen LogP contribution in [0.1, 0.15) is 13.8 Å². The van der Waals surface area contributed by atoms with Crippen molar-refractivity contribution in [3.05, 3.63) is 11.5 Å². The van der Waals surface area contributed by atoms with Gasteiger partial charge in [-0.05, 0) is 18.8 Å². The van der Waals surface area contributed by atoms with Crippen LogP contribution >= 0.6 is 11.9 Å². The highest BCUT2D eigenvalue weighted by Crippen LogP contribution is 2.11. The van der Waals surface area contributed by atoms with E-state index in [0.29, 0.717) is 5.84 Å². The molecule has 2 nitrogen and oxygen atoms in total. The fraction of sp³-hybridized carbons (Fsp3) is 0.400. The zero-order valence-corrected chi connectivity index (χ0v) is 5.96. The van der Waals surface area contributed by atoms with Gasteiger partial charge in [-0.3, -0.25) is 0 Å². The zero-order chi connectivity index (χ0) is 6.57. The van der Waals surface area contributed by atoms with Crippen molar-refractivity contribution >= 4 is 17.8 Å². The summed E-state index contributed by atoms with van der Waals surface area (Å²) < 4.78 is 3.84. The van der Waals surface area contributed by atoms with Crippen molar-refractivity contribution in [3.63, 3.8) is 0 Å². The van der Waals surface area contributed by atoms with Crippen LogP contribution in [0.25, 0.3) is 0 Å². The molecular formula is C5H10N2S. The lowest BCUT2D eigenvalue weighted by atomic mass is 10.8. The zero-order valence-electron chi connectivity index (χ0n) is 5.14. The van der Waals surface area contributed by atoms with Gasteiger partial charge in [0.15, 0.2) is 0 Å². The first-order valence-corrected chi connectivity index (χ1v) is 3.03. The standard InChI is InChI=1S/C5H10N2S/c1-4(2)8-7-5(3)6/h1H2,2-3H3,(H2,6,7). The molecule has 0 saturated carbocycles. The summed E-state index contributed by atoms with van der Waals surface area (Å²) in [5, 5.41) is 0. The number of hydrogen-bond acceptors (Lipinski definition) is 2. The fourth-order valence-corrected chi connectivity index (χ4v) is 0.450. The van der Waals surface area contributed by atoms with Gasteiger partial charge in [-0.1, -0.05) is 6.58 Å². The third kappa shape index (κ3) is 5.56. The van der Waals surface area contributed by atoms with Gasteiger partial charge in [-0.25, -0.2) is 0 Å². The van der Waals surface area contributed by atoms with Gasteiger partial charge in [-0.2, -0.15) is 4.40 Å². The van der Waals surface area contributed by atoms with Gasteiger partial charge >= 0.3 is 0 Å². The summed E-state index contributed by atoms with van der Waals surface area (Å²) in [5.74, 6) is 0.581. The van der Waals surface area contributed by atoms with E-state index in [1.165, 1.54) is 11.9 Å². The van der Waals surface area contributed by atoms with Crippen molar-refractivity contribution in [3.8, 4) is 0 Å². The lowest BCUT2D eigenvalue weighted by molar-refractivity contribution is 1.59. The van der Waals surface area contributed by atoms with Crippen LogP contribution < -0.4 is 5.73 Å². The fourth-order valence-electron chi connectivity index (χ4n) is 0.150. The van der Waals surface area contributed by atoms with Crippen LogP contribution in [0.3, 0.4) is 0 Å². The van der Waals surface area contributed by atoms with Crippen LogP contribution in [0.15, 0.2) is 15.9 Å². The molecule has 0 aliphatic carbocycles. The molecule has 3 heteroatoms. The number of rotatable bonds is 2. The highest BCUT2D eigenvalue weighted by molar-refractivity contribution is 8.01. The van der Waals surface area contributed by atoms with Crippen LogP contribution in [-0.2, 0) is 0 Å². The SMILES string of the molecule is C=C(C)S/N=C(/C)N. The van der Waals surface area contributed by atoms with Gasteiger partial charge in [0.25, 0.3) is 0 Å². The molecule has 0 aromatic carbocycles. The molecule has 46 valence electrons. The van der Waals surface area contributed by atoms with E-state index in [1.54, 1.807) is 6.92 Å². The molecule has 0 spiro atoms. The smallest absolute Gasteiger partial charge is 0.105 e. The Labute approximate surface area is 54.0 Å². The Hall–Kier alpha value is -0.440. The lowest BCUT2D eigenvalue weighted by Crippen LogP contribution is -2.02. The second-order valence-corrected chi connectivity index (χ2v) is 2.59. The summed E-state index contributed by atoms with van der Waals surface area (Å²) in [4.78, 5) is 0.954. The van der Waals surface area contributed by atoms with E-state index >= 15 is 0 Å². The van der Waals surface area contributed by atoms with Crippen LogP contribution in [0.4, 0.5) is 0 Å². The summed E-state index contributed by atoms with van der Waals surface area (Å²) in [6.45, 7) is 7.26. The van der Waals surface area contributed by atoms with Crippen molar-refractivity contribution in [2.75, 3.05) is 0 Å². The highest BCUT2D eigenvalue weighted by Gasteiger charge is 1.80. The van der Waals surface area contributed by atoms with E-state index in [2.05, 4.69) is 11.0 Å². The normalized spacial score (nSPS) is 11.5. The van der Waals surface area contributed by atoms with E-state index in [1.807, 2.05) is 6.92 Å². The molecule has 0 fully saturated rings. The Kier molecular flexibility index (Phi) is 3.35. The van der Waals surface area contributed by atoms with Crippen molar-refractivity contribution < 1.29 is 0 Å². The molecule has 8 heavy (non-hydrogen) atoms. The molecular weight excluding hydrogens is 120 g/mol. The molecule has 0 aliphatic rings. The molecule has 0 rings (SSSR count). The molecule has 0 saturated heterocycles. The van der Waals surface area contributed by atoms with Crippen LogP contribution in [0.5, 0.6) is 0 Å². The second-order valence-electron chi connectivity index (χ2n) is 1.53. The monoisotopic (exact) mass is 130 g/mol. The minimum absolute atomic E-state index is 0.581. The quantitative estimate of drug-likeness (QED) is 0.350. The van der Waals surface area contributed by atoms with E-state index in [4.69, 9.17) is 5.73 Å². The third-order valence-electron chi connectivity index (χ3n) is 0.345.